The molecule has 7 nitrogen and oxygen atoms in total. The van der Waals surface area contributed by atoms with Gasteiger partial charge in [-0.3, -0.25) is 10.2 Å². The Kier molecular flexibility index (Phi) is 10.00. The number of hydrogen-bond acceptors (Lipinski definition) is 6. The van der Waals surface area contributed by atoms with Gasteiger partial charge in [-0.25, -0.2) is 0 Å². The lowest BCUT2D eigenvalue weighted by Gasteiger charge is -2.20. The third kappa shape index (κ3) is 7.11. The van der Waals surface area contributed by atoms with E-state index in [0.717, 1.165) is 31.5 Å². The molecule has 0 unspecified atom stereocenters. The van der Waals surface area contributed by atoms with E-state index in [2.05, 4.69) is 125 Å². The second kappa shape index (κ2) is 14.5. The molecular formula is C37H41N6OS2+. The van der Waals surface area contributed by atoms with E-state index in [9.17, 15) is 4.79 Å². The molecule has 4 aromatic rings. The van der Waals surface area contributed by atoms with Crippen LogP contribution in [-0.4, -0.2) is 31.9 Å². The topological polar surface area (TPSA) is 89.3 Å². The molecule has 0 saturated heterocycles. The van der Waals surface area contributed by atoms with Gasteiger partial charge in [-0.2, -0.15) is 4.57 Å². The molecule has 4 N–H and O–H groups in total. The number of carbonyl (C=O) groups is 1. The van der Waals surface area contributed by atoms with E-state index < -0.39 is 0 Å². The average molecular weight is 650 g/mol. The number of para-hydroxylation sites is 3. The fourth-order valence-electron chi connectivity index (χ4n) is 5.97. The van der Waals surface area contributed by atoms with Gasteiger partial charge in [-0.15, -0.1) is 0 Å². The number of nitrogens with zero attached hydrogens (tertiary/aromatic N) is 3. The number of pyridine rings is 1. The van der Waals surface area contributed by atoms with Crippen LogP contribution in [0.2, 0.25) is 0 Å². The highest BCUT2D eigenvalue weighted by Crippen LogP contribution is 2.47. The van der Waals surface area contributed by atoms with Crippen LogP contribution in [-0.2, 0) is 11.8 Å². The molecule has 6 rings (SSSR count). The van der Waals surface area contributed by atoms with Crippen LogP contribution in [0.15, 0.2) is 98.7 Å². The van der Waals surface area contributed by atoms with Gasteiger partial charge in [0.05, 0.1) is 32.7 Å². The molecule has 2 aliphatic heterocycles. The van der Waals surface area contributed by atoms with Gasteiger partial charge in [0.25, 0.3) is 0 Å². The van der Waals surface area contributed by atoms with E-state index in [1.807, 2.05) is 23.5 Å². The largest absolute Gasteiger partial charge is 0.388 e. The van der Waals surface area contributed by atoms with E-state index >= 15 is 0 Å². The summed E-state index contributed by atoms with van der Waals surface area (Å²) in [7, 11) is 4.30. The van der Waals surface area contributed by atoms with Crippen LogP contribution in [0.5, 0.6) is 0 Å². The Bertz CT molecular complexity index is 1830. The van der Waals surface area contributed by atoms with Crippen molar-refractivity contribution >= 4 is 69.7 Å². The van der Waals surface area contributed by atoms with Crippen LogP contribution in [0.3, 0.4) is 0 Å². The molecule has 0 aliphatic carbocycles. The first-order valence-electron chi connectivity index (χ1n) is 15.9. The SMILES string of the molecule is CN1C(=Cc2cc(/C=C3/Sc4ccccc4N3CCCCCC(=O)NCCCC(=N)N)[n+](C)c3ccccc23)Sc2ccccc21. The minimum atomic E-state index is 0.0758. The van der Waals surface area contributed by atoms with Crippen LogP contribution in [0, 0.1) is 5.41 Å². The summed E-state index contributed by atoms with van der Waals surface area (Å²) in [6, 6.07) is 28.2. The second-order valence-electron chi connectivity index (χ2n) is 11.7. The minimum absolute atomic E-state index is 0.0758. The molecule has 0 radical (unpaired) electrons. The number of aromatic nitrogens is 1. The monoisotopic (exact) mass is 649 g/mol. The fraction of sp³-hybridized carbons (Fsp3) is 0.270. The van der Waals surface area contributed by atoms with Crippen LogP contribution >= 0.6 is 23.5 Å². The molecule has 0 bridgehead atoms. The van der Waals surface area contributed by atoms with Crippen molar-refractivity contribution in [3.05, 3.63) is 100 Å². The van der Waals surface area contributed by atoms with Crippen LogP contribution < -0.4 is 25.4 Å². The number of nitrogens with one attached hydrogen (secondary N) is 2. The number of fused-ring (bicyclic) bond motifs is 3. The Labute approximate surface area is 280 Å². The molecule has 3 aromatic carbocycles. The van der Waals surface area contributed by atoms with Gasteiger partial charge in [0.2, 0.25) is 17.1 Å². The summed E-state index contributed by atoms with van der Waals surface area (Å²) < 4.78 is 2.29. The van der Waals surface area contributed by atoms with Crippen molar-refractivity contribution in [2.24, 2.45) is 12.8 Å². The zero-order valence-electron chi connectivity index (χ0n) is 26.5. The van der Waals surface area contributed by atoms with Crippen molar-refractivity contribution in [2.45, 2.75) is 48.3 Å². The smallest absolute Gasteiger partial charge is 0.219 e. The van der Waals surface area contributed by atoms with E-state index in [1.54, 1.807) is 0 Å². The molecule has 0 atom stereocenters. The number of benzene rings is 3. The van der Waals surface area contributed by atoms with Crippen molar-refractivity contribution < 1.29 is 9.36 Å². The molecule has 0 spiro atoms. The van der Waals surface area contributed by atoms with Crippen molar-refractivity contribution in [1.29, 1.82) is 5.41 Å². The van der Waals surface area contributed by atoms with Crippen LogP contribution in [0.25, 0.3) is 23.1 Å². The number of carbonyl (C=O) groups excluding carboxylic acids is 1. The number of hydrogen-bond donors (Lipinski definition) is 3. The van der Waals surface area contributed by atoms with E-state index in [-0.39, 0.29) is 11.7 Å². The highest BCUT2D eigenvalue weighted by atomic mass is 32.2. The van der Waals surface area contributed by atoms with Gasteiger partial charge in [-0.1, -0.05) is 66.3 Å². The third-order valence-electron chi connectivity index (χ3n) is 8.46. The Balaban J connectivity index is 1.21. The zero-order chi connectivity index (χ0) is 32.0. The van der Waals surface area contributed by atoms with Crippen molar-refractivity contribution in [3.8, 4) is 0 Å². The molecule has 46 heavy (non-hydrogen) atoms. The molecule has 3 heterocycles. The summed E-state index contributed by atoms with van der Waals surface area (Å²) in [5.74, 6) is 0.241. The Hall–Kier alpha value is -4.21. The molecule has 1 aromatic heterocycles. The average Bonchev–Trinajstić information content (AvgIpc) is 3.57. The van der Waals surface area contributed by atoms with Gasteiger partial charge >= 0.3 is 0 Å². The first-order valence-corrected chi connectivity index (χ1v) is 17.5. The maximum Gasteiger partial charge on any atom is 0.219 e. The molecule has 236 valence electrons. The van der Waals surface area contributed by atoms with E-state index in [0.29, 0.717) is 25.8 Å². The third-order valence-corrected chi connectivity index (χ3v) is 10.7. The molecule has 2 aliphatic rings. The second-order valence-corrected chi connectivity index (χ2v) is 13.8. The predicted molar refractivity (Wildman–Crippen MR) is 194 cm³/mol. The number of unbranched alkanes of at least 4 members (excludes halogenated alkanes) is 2. The van der Waals surface area contributed by atoms with Crippen LogP contribution in [0.1, 0.15) is 49.8 Å². The highest BCUT2D eigenvalue weighted by Gasteiger charge is 2.27. The van der Waals surface area contributed by atoms with Crippen molar-refractivity contribution in [1.82, 2.24) is 5.32 Å². The Morgan fingerprint density at radius 3 is 2.35 bits per heavy atom. The van der Waals surface area contributed by atoms with Crippen molar-refractivity contribution in [3.63, 3.8) is 0 Å². The van der Waals surface area contributed by atoms with E-state index in [4.69, 9.17) is 11.1 Å². The quantitative estimate of drug-likeness (QED) is 0.0637. The lowest BCUT2D eigenvalue weighted by atomic mass is 10.1. The first-order chi connectivity index (χ1) is 22.4. The Morgan fingerprint density at radius 2 is 1.57 bits per heavy atom. The van der Waals surface area contributed by atoms with Crippen molar-refractivity contribution in [2.75, 3.05) is 29.9 Å². The van der Waals surface area contributed by atoms with Gasteiger partial charge in [-0.05, 0) is 61.2 Å². The molecule has 0 fully saturated rings. The zero-order valence-corrected chi connectivity index (χ0v) is 28.1. The van der Waals surface area contributed by atoms with Gasteiger partial charge in [0.15, 0.2) is 0 Å². The number of amidine groups is 1. The number of aryl methyl sites for hydroxylation is 1. The van der Waals surface area contributed by atoms with Gasteiger partial charge in [0.1, 0.15) is 7.05 Å². The molecule has 0 saturated carbocycles. The Morgan fingerprint density at radius 1 is 0.870 bits per heavy atom. The predicted octanol–water partition coefficient (Wildman–Crippen LogP) is 7.51. The highest BCUT2D eigenvalue weighted by molar-refractivity contribution is 8.04. The first kappa shape index (κ1) is 31.8. The summed E-state index contributed by atoms with van der Waals surface area (Å²) in [5, 5.41) is 13.9. The number of anilines is 2. The minimum Gasteiger partial charge on any atom is -0.388 e. The summed E-state index contributed by atoms with van der Waals surface area (Å²) >= 11 is 3.64. The van der Waals surface area contributed by atoms with Gasteiger partial charge in [0, 0.05) is 61.0 Å². The lowest BCUT2D eigenvalue weighted by Crippen LogP contribution is -2.33. The normalized spacial score (nSPS) is 15.5. The maximum atomic E-state index is 12.2. The standard InChI is InChI=1S/C37H40N6OS2/c1-41-27(23-26(28-13-5-6-14-29(28)41)24-36-42(2)30-15-7-9-17-32(30)45-36)25-37-43(31-16-8-10-18-33(31)46-37)22-11-3-4-20-35(44)40-21-12-19-34(38)39/h5-10,13-18,23-25H,3-4,11-12,19-22H2,1-2H3,(H3-,38,39,40,44)/p+1. The number of rotatable bonds is 12. The fourth-order valence-corrected chi connectivity index (χ4v) is 8.20. The molecule has 1 amide bonds. The maximum absolute atomic E-state index is 12.2. The number of amides is 1. The lowest BCUT2D eigenvalue weighted by molar-refractivity contribution is -0.646. The summed E-state index contributed by atoms with van der Waals surface area (Å²) in [6.07, 6.45) is 9.23. The molecule has 9 heteroatoms. The number of thioether (sulfide) groups is 2. The van der Waals surface area contributed by atoms with Gasteiger partial charge < -0.3 is 20.9 Å². The van der Waals surface area contributed by atoms with E-state index in [1.165, 1.54) is 47.7 Å². The molecular weight excluding hydrogens is 609 g/mol. The van der Waals surface area contributed by atoms with Crippen LogP contribution in [0.4, 0.5) is 11.4 Å². The summed E-state index contributed by atoms with van der Waals surface area (Å²) in [4.78, 5) is 19.5. The summed E-state index contributed by atoms with van der Waals surface area (Å²) in [6.45, 7) is 1.46. The number of nitrogens with two attached hydrogens (primary N) is 1. The summed E-state index contributed by atoms with van der Waals surface area (Å²) in [5.41, 5.74) is 11.4.